The van der Waals surface area contributed by atoms with Crippen LogP contribution in [0.4, 0.5) is 0 Å². The Morgan fingerprint density at radius 3 is 2.41 bits per heavy atom. The minimum atomic E-state index is 0. The van der Waals surface area contributed by atoms with E-state index in [0.29, 0.717) is 43.4 Å². The highest BCUT2D eigenvalue weighted by Gasteiger charge is 2.24. The number of carbonyl (C=O) groups excluding carboxylic acids is 1. The smallest absolute Gasteiger partial charge is 0.275 e. The van der Waals surface area contributed by atoms with Crippen LogP contribution in [0.3, 0.4) is 0 Å². The van der Waals surface area contributed by atoms with Gasteiger partial charge in [-0.05, 0) is 37.5 Å². The van der Waals surface area contributed by atoms with E-state index in [4.69, 9.17) is 9.72 Å². The molecule has 1 saturated carbocycles. The second-order valence-corrected chi connectivity index (χ2v) is 12.7. The van der Waals surface area contributed by atoms with E-state index >= 15 is 0 Å². The molecular weight excluding hydrogens is 623 g/mol. The van der Waals surface area contributed by atoms with Crippen molar-refractivity contribution >= 4 is 22.6 Å². The highest BCUT2D eigenvalue weighted by molar-refractivity contribution is 5.76. The number of benzene rings is 1. The van der Waals surface area contributed by atoms with Gasteiger partial charge in [-0.25, -0.2) is 0 Å². The van der Waals surface area contributed by atoms with Gasteiger partial charge in [-0.1, -0.05) is 49.6 Å². The van der Waals surface area contributed by atoms with E-state index in [2.05, 4.69) is 30.3 Å². The van der Waals surface area contributed by atoms with Crippen molar-refractivity contribution in [2.75, 3.05) is 46.4 Å². The van der Waals surface area contributed by atoms with Gasteiger partial charge in [0.25, 0.3) is 5.56 Å². The summed E-state index contributed by atoms with van der Waals surface area (Å²) in [7, 11) is 1.95. The number of nitrogens with zero attached hydrogens (tertiary/aromatic N) is 4. The van der Waals surface area contributed by atoms with E-state index in [1.165, 1.54) is 51.0 Å². The first kappa shape index (κ1) is 35.7. The summed E-state index contributed by atoms with van der Waals surface area (Å²) < 4.78 is 9.76. The Morgan fingerprint density at radius 2 is 1.65 bits per heavy atom. The van der Waals surface area contributed by atoms with E-state index < -0.39 is 0 Å². The quantitative estimate of drug-likeness (QED) is 0.151. The predicted octanol–water partition coefficient (Wildman–Crippen LogP) is -4.02. The molecule has 46 heavy (non-hydrogen) atoms. The molecule has 4 heterocycles. The van der Waals surface area contributed by atoms with Gasteiger partial charge in [0.2, 0.25) is 11.8 Å². The molecule has 0 radical (unpaired) electrons. The summed E-state index contributed by atoms with van der Waals surface area (Å²) in [5.41, 5.74) is 3.60. The van der Waals surface area contributed by atoms with Crippen molar-refractivity contribution in [3.63, 3.8) is 0 Å². The van der Waals surface area contributed by atoms with Gasteiger partial charge in [0.1, 0.15) is 38.2 Å². The molecule has 9 nitrogen and oxygen atoms in total. The zero-order valence-electron chi connectivity index (χ0n) is 26.9. The summed E-state index contributed by atoms with van der Waals surface area (Å²) in [6, 6.07) is 18.7. The lowest BCUT2D eigenvalue weighted by atomic mass is 9.94. The monoisotopic (exact) mass is 670 g/mol. The number of nitrogens with one attached hydrogen (secondary N) is 2. The van der Waals surface area contributed by atoms with Gasteiger partial charge < -0.3 is 48.8 Å². The van der Waals surface area contributed by atoms with Crippen LogP contribution in [-0.4, -0.2) is 77.2 Å². The van der Waals surface area contributed by atoms with Gasteiger partial charge in [-0.2, -0.15) is 4.98 Å². The molecule has 1 saturated heterocycles. The third-order valence-electron chi connectivity index (χ3n) is 9.73. The molecule has 0 bridgehead atoms. The van der Waals surface area contributed by atoms with Crippen molar-refractivity contribution in [2.24, 2.45) is 0 Å². The van der Waals surface area contributed by atoms with Gasteiger partial charge in [0, 0.05) is 50.3 Å². The minimum Gasteiger partial charge on any atom is -1.00 e. The summed E-state index contributed by atoms with van der Waals surface area (Å²) in [5.74, 6) is 0.716. The average molecular weight is 672 g/mol. The molecule has 1 aromatic carbocycles. The topological polar surface area (TPSA) is 77.7 Å². The Labute approximate surface area is 284 Å². The molecule has 2 N–H and O–H groups in total. The lowest BCUT2D eigenvalue weighted by Gasteiger charge is -2.31. The summed E-state index contributed by atoms with van der Waals surface area (Å²) in [4.78, 5) is 36.2. The zero-order chi connectivity index (χ0) is 30.3. The molecule has 250 valence electrons. The fourth-order valence-electron chi connectivity index (χ4n) is 7.11. The van der Waals surface area contributed by atoms with Crippen molar-refractivity contribution < 1.29 is 44.1 Å². The van der Waals surface area contributed by atoms with Crippen molar-refractivity contribution in [1.29, 1.82) is 0 Å². The van der Waals surface area contributed by atoms with Crippen LogP contribution in [0, 0.1) is 0 Å². The highest BCUT2D eigenvalue weighted by Crippen LogP contribution is 2.22. The summed E-state index contributed by atoms with van der Waals surface area (Å²) in [6.45, 7) is 7.95. The number of aromatic nitrogens is 3. The van der Waals surface area contributed by atoms with Crippen molar-refractivity contribution in [1.82, 2.24) is 18.9 Å². The maximum atomic E-state index is 13.5. The van der Waals surface area contributed by atoms with Crippen LogP contribution in [-0.2, 0) is 17.9 Å². The molecule has 2 fully saturated rings. The zero-order valence-corrected chi connectivity index (χ0v) is 28.4. The minimum absolute atomic E-state index is 0. The van der Waals surface area contributed by atoms with Crippen molar-refractivity contribution in [3.8, 4) is 5.88 Å². The number of pyridine rings is 1. The molecule has 0 spiro atoms. The summed E-state index contributed by atoms with van der Waals surface area (Å²) in [5, 5.41) is 0. The van der Waals surface area contributed by atoms with Crippen LogP contribution < -0.4 is 44.9 Å². The molecule has 0 atom stereocenters. The number of hydrogen-bond acceptors (Lipinski definition) is 4. The lowest BCUT2D eigenvalue weighted by molar-refractivity contribution is -1.02. The second-order valence-electron chi connectivity index (χ2n) is 12.7. The van der Waals surface area contributed by atoms with E-state index in [9.17, 15) is 9.59 Å². The number of piperazine rings is 1. The maximum absolute atomic E-state index is 13.5. The second kappa shape index (κ2) is 17.2. The number of amides is 1. The molecule has 4 aromatic rings. The Hall–Kier alpha value is -3.11. The first-order valence-corrected chi connectivity index (χ1v) is 16.7. The number of hydrogen-bond donors (Lipinski definition) is 2. The number of aryl methyl sites for hydroxylation is 1. The molecule has 1 aliphatic carbocycles. The fraction of sp³-hybridized carbons (Fsp3) is 0.514. The number of halogens is 2. The van der Waals surface area contributed by atoms with E-state index in [1.807, 2.05) is 51.4 Å². The van der Waals surface area contributed by atoms with Crippen LogP contribution in [0.2, 0.25) is 0 Å². The van der Waals surface area contributed by atoms with Gasteiger partial charge >= 0.3 is 0 Å². The molecule has 0 unspecified atom stereocenters. The fourth-order valence-corrected chi connectivity index (χ4v) is 7.11. The largest absolute Gasteiger partial charge is 1.00 e. The molecule has 3 aromatic heterocycles. The number of carbonyl (C=O) groups is 1. The van der Waals surface area contributed by atoms with Gasteiger partial charge in [-0.15, -0.1) is 0 Å². The summed E-state index contributed by atoms with van der Waals surface area (Å²) >= 11 is 0. The summed E-state index contributed by atoms with van der Waals surface area (Å²) in [6.07, 6.45) is 9.92. The molecule has 6 rings (SSSR count). The Bertz CT molecular complexity index is 1600. The molecule has 11 heteroatoms. The first-order valence-electron chi connectivity index (χ1n) is 16.7. The third-order valence-corrected chi connectivity index (χ3v) is 9.73. The van der Waals surface area contributed by atoms with Crippen molar-refractivity contribution in [3.05, 3.63) is 76.7 Å². The van der Waals surface area contributed by atoms with E-state index in [-0.39, 0.29) is 36.3 Å². The Kier molecular flexibility index (Phi) is 13.3. The van der Waals surface area contributed by atoms with Crippen LogP contribution in [0.25, 0.3) is 16.7 Å². The maximum Gasteiger partial charge on any atom is 0.275 e. The van der Waals surface area contributed by atoms with Crippen LogP contribution in [0.1, 0.15) is 56.9 Å². The van der Waals surface area contributed by atoms with E-state index in [1.54, 1.807) is 9.80 Å². The SMILES string of the molecule is CN(C(=O)CCCOc1ccc2c(n1)n1cccc1c(=O)n2CCC[NH+]1CC[NH+](Cc2ccccc2)CC1)C1CCCCC1.[Cl-].[Cl-]. The van der Waals surface area contributed by atoms with Crippen LogP contribution in [0.15, 0.2) is 65.6 Å². The average Bonchev–Trinajstić information content (AvgIpc) is 3.57. The number of rotatable bonds is 12. The molecule has 2 aliphatic rings. The van der Waals surface area contributed by atoms with Crippen molar-refractivity contribution in [2.45, 2.75) is 70.5 Å². The number of ether oxygens (including phenoxy) is 1. The van der Waals surface area contributed by atoms with Crippen LogP contribution >= 0.6 is 0 Å². The van der Waals surface area contributed by atoms with E-state index in [0.717, 1.165) is 43.5 Å². The lowest BCUT2D eigenvalue weighted by Crippen LogP contribution is -3.27. The highest BCUT2D eigenvalue weighted by atomic mass is 35.5. The predicted molar refractivity (Wildman–Crippen MR) is 172 cm³/mol. The molecular formula is C35H48Cl2N6O3. The molecule has 1 amide bonds. The first-order chi connectivity index (χ1) is 21.6. The van der Waals surface area contributed by atoms with Gasteiger partial charge in [0.15, 0.2) is 5.65 Å². The molecule has 1 aliphatic heterocycles. The standard InChI is InChI=1S/C35H46N6O3.2ClH/c1-37(29-13-6-3-7-14-29)33(42)16-9-26-44-32-18-17-30-34(36-32)40-20-8-15-31(40)35(43)41(30)21-10-19-38-22-24-39(25-23-38)27-28-11-4-2-5-12-28;;/h2,4-5,8,11-12,15,17-18,20,29H,3,6-7,9-10,13-14,16,19,21-27H2,1H3;2*1H. The normalized spacial score (nSPS) is 18.5. The third kappa shape index (κ3) is 8.62. The van der Waals surface area contributed by atoms with Gasteiger partial charge in [-0.3, -0.25) is 14.0 Å². The Morgan fingerprint density at radius 1 is 0.913 bits per heavy atom. The van der Waals surface area contributed by atoms with Crippen LogP contribution in [0.5, 0.6) is 5.88 Å². The number of quaternary nitrogens is 2. The Balaban J connectivity index is 0.00000240. The number of fused-ring (bicyclic) bond motifs is 3. The van der Waals surface area contributed by atoms with Gasteiger partial charge in [0.05, 0.1) is 18.7 Å².